The van der Waals surface area contributed by atoms with Gasteiger partial charge in [-0.15, -0.1) is 0 Å². The summed E-state index contributed by atoms with van der Waals surface area (Å²) in [5.74, 6) is -0.504. The van der Waals surface area contributed by atoms with Gasteiger partial charge in [0.2, 0.25) is 0 Å². The molecule has 4 heteroatoms. The first kappa shape index (κ1) is 24.1. The summed E-state index contributed by atoms with van der Waals surface area (Å²) in [7, 11) is 0. The largest absolute Gasteiger partial charge is 0.387 e. The summed E-state index contributed by atoms with van der Waals surface area (Å²) in [4.78, 5) is 11.8. The van der Waals surface area contributed by atoms with E-state index >= 15 is 0 Å². The van der Waals surface area contributed by atoms with Crippen LogP contribution in [0.1, 0.15) is 96.8 Å². The molecule has 0 spiro atoms. The SMILES string of the molecule is CCCCCCCC/C=C/CCCCCCC[C@@]1(O)C(=O)C=C[C@@H](O)[C@@H]1O. The van der Waals surface area contributed by atoms with Gasteiger partial charge >= 0.3 is 0 Å². The van der Waals surface area contributed by atoms with Crippen molar-refractivity contribution in [1.29, 1.82) is 0 Å². The zero-order chi connectivity index (χ0) is 20.0. The second-order valence-corrected chi connectivity index (χ2v) is 7.92. The highest BCUT2D eigenvalue weighted by Crippen LogP contribution is 2.27. The minimum absolute atomic E-state index is 0.201. The third-order valence-corrected chi connectivity index (χ3v) is 5.50. The normalized spacial score (nSPS) is 25.6. The smallest absolute Gasteiger partial charge is 0.189 e. The van der Waals surface area contributed by atoms with Crippen molar-refractivity contribution in [3.05, 3.63) is 24.3 Å². The maximum absolute atomic E-state index is 11.8. The molecule has 4 nitrogen and oxygen atoms in total. The second kappa shape index (κ2) is 14.1. The molecule has 0 aromatic carbocycles. The molecule has 27 heavy (non-hydrogen) atoms. The van der Waals surface area contributed by atoms with Gasteiger partial charge in [-0.25, -0.2) is 0 Å². The molecule has 156 valence electrons. The molecule has 3 N–H and O–H groups in total. The zero-order valence-electron chi connectivity index (χ0n) is 17.1. The van der Waals surface area contributed by atoms with E-state index in [4.69, 9.17) is 0 Å². The molecule has 3 atom stereocenters. The summed E-state index contributed by atoms with van der Waals surface area (Å²) in [5, 5.41) is 29.9. The molecule has 0 radical (unpaired) electrons. The van der Waals surface area contributed by atoms with Crippen LogP contribution >= 0.6 is 0 Å². The lowest BCUT2D eigenvalue weighted by atomic mass is 9.80. The van der Waals surface area contributed by atoms with Crippen LogP contribution < -0.4 is 0 Å². The predicted octanol–water partition coefficient (Wildman–Crippen LogP) is 4.62. The molecule has 0 unspecified atom stereocenters. The molecule has 0 fully saturated rings. The molecule has 1 rings (SSSR count). The molecule has 0 amide bonds. The third kappa shape index (κ3) is 9.18. The number of ketones is 1. The number of rotatable bonds is 15. The summed E-state index contributed by atoms with van der Waals surface area (Å²) in [6.45, 7) is 2.25. The van der Waals surface area contributed by atoms with E-state index in [1.165, 1.54) is 63.5 Å². The van der Waals surface area contributed by atoms with Crippen molar-refractivity contribution in [2.75, 3.05) is 0 Å². The molecule has 0 aromatic rings. The number of carbonyl (C=O) groups excluding carboxylic acids is 1. The Bertz CT molecular complexity index is 457. The highest BCUT2D eigenvalue weighted by atomic mass is 16.4. The van der Waals surface area contributed by atoms with Gasteiger partial charge in [-0.05, 0) is 44.3 Å². The lowest BCUT2D eigenvalue weighted by Crippen LogP contribution is -2.56. The molecular weight excluding hydrogens is 340 g/mol. The van der Waals surface area contributed by atoms with Gasteiger partial charge in [-0.3, -0.25) is 4.79 Å². The van der Waals surface area contributed by atoms with Gasteiger partial charge in [0, 0.05) is 0 Å². The summed E-state index contributed by atoms with van der Waals surface area (Å²) >= 11 is 0. The topological polar surface area (TPSA) is 77.8 Å². The van der Waals surface area contributed by atoms with Crippen molar-refractivity contribution in [1.82, 2.24) is 0 Å². The number of hydrogen-bond donors (Lipinski definition) is 3. The fourth-order valence-corrected chi connectivity index (χ4v) is 3.60. The van der Waals surface area contributed by atoms with E-state index in [1.54, 1.807) is 0 Å². The maximum atomic E-state index is 11.8. The van der Waals surface area contributed by atoms with Crippen LogP contribution in [0.5, 0.6) is 0 Å². The number of allylic oxidation sites excluding steroid dienone is 2. The van der Waals surface area contributed by atoms with Gasteiger partial charge in [0.05, 0.1) is 0 Å². The monoisotopic (exact) mass is 380 g/mol. The lowest BCUT2D eigenvalue weighted by molar-refractivity contribution is -0.158. The van der Waals surface area contributed by atoms with Crippen LogP contribution in [0.4, 0.5) is 0 Å². The molecule has 0 saturated heterocycles. The standard InChI is InChI=1S/C23H40O4/c1-2-3-4-5-6-7-8-9-10-11-12-13-14-15-16-19-23(27)21(25)18-17-20(24)22(23)26/h9-10,17-18,20,22,24,26-27H,2-8,11-16,19H2,1H3/b10-9+/t20-,22+,23-/m1/s1. The third-order valence-electron chi connectivity index (χ3n) is 5.50. The molecule has 0 bridgehead atoms. The van der Waals surface area contributed by atoms with E-state index in [2.05, 4.69) is 19.1 Å². The number of carbonyl (C=O) groups is 1. The van der Waals surface area contributed by atoms with E-state index in [-0.39, 0.29) is 6.42 Å². The quantitative estimate of drug-likeness (QED) is 0.286. The first-order valence-electron chi connectivity index (χ1n) is 11.0. The second-order valence-electron chi connectivity index (χ2n) is 7.92. The highest BCUT2D eigenvalue weighted by molar-refractivity contribution is 5.98. The Morgan fingerprint density at radius 2 is 1.41 bits per heavy atom. The molecule has 0 heterocycles. The molecular formula is C23H40O4. The van der Waals surface area contributed by atoms with Crippen molar-refractivity contribution in [2.45, 2.75) is 115 Å². The number of hydrogen-bond acceptors (Lipinski definition) is 4. The first-order chi connectivity index (χ1) is 13.0. The predicted molar refractivity (Wildman–Crippen MR) is 111 cm³/mol. The minimum Gasteiger partial charge on any atom is -0.387 e. The first-order valence-corrected chi connectivity index (χ1v) is 11.0. The average molecular weight is 381 g/mol. The number of unbranched alkanes of at least 4 members (excludes halogenated alkanes) is 11. The van der Waals surface area contributed by atoms with Crippen molar-refractivity contribution in [3.8, 4) is 0 Å². The van der Waals surface area contributed by atoms with Crippen molar-refractivity contribution in [3.63, 3.8) is 0 Å². The molecule has 0 saturated carbocycles. The van der Waals surface area contributed by atoms with E-state index in [9.17, 15) is 20.1 Å². The highest BCUT2D eigenvalue weighted by Gasteiger charge is 2.46. The molecule has 1 aliphatic carbocycles. The number of aliphatic hydroxyl groups excluding tert-OH is 2. The fraction of sp³-hybridized carbons (Fsp3) is 0.783. The summed E-state index contributed by atoms with van der Waals surface area (Å²) < 4.78 is 0. The Morgan fingerprint density at radius 3 is 2.00 bits per heavy atom. The Morgan fingerprint density at radius 1 is 0.889 bits per heavy atom. The van der Waals surface area contributed by atoms with Crippen LogP contribution in [0.15, 0.2) is 24.3 Å². The summed E-state index contributed by atoms with van der Waals surface area (Å²) in [6.07, 6.45) is 20.0. The van der Waals surface area contributed by atoms with Gasteiger partial charge in [-0.1, -0.05) is 76.9 Å². The zero-order valence-corrected chi connectivity index (χ0v) is 17.1. The van der Waals surface area contributed by atoms with E-state index < -0.39 is 23.6 Å². The van der Waals surface area contributed by atoms with Crippen molar-refractivity contribution >= 4 is 5.78 Å². The van der Waals surface area contributed by atoms with Crippen LogP contribution in [-0.4, -0.2) is 38.9 Å². The Kier molecular flexibility index (Phi) is 12.6. The van der Waals surface area contributed by atoms with Crippen LogP contribution in [0.3, 0.4) is 0 Å². The van der Waals surface area contributed by atoms with E-state index in [0.29, 0.717) is 6.42 Å². The minimum atomic E-state index is -1.83. The van der Waals surface area contributed by atoms with Crippen LogP contribution in [0, 0.1) is 0 Å². The van der Waals surface area contributed by atoms with Crippen molar-refractivity contribution < 1.29 is 20.1 Å². The van der Waals surface area contributed by atoms with Gasteiger partial charge in [-0.2, -0.15) is 0 Å². The molecule has 1 aliphatic rings. The van der Waals surface area contributed by atoms with Gasteiger partial charge in [0.1, 0.15) is 12.2 Å². The number of aliphatic hydroxyl groups is 3. The molecule has 0 aliphatic heterocycles. The summed E-state index contributed by atoms with van der Waals surface area (Å²) in [6, 6.07) is 0. The van der Waals surface area contributed by atoms with Crippen molar-refractivity contribution in [2.24, 2.45) is 0 Å². The van der Waals surface area contributed by atoms with Crippen LogP contribution in [0.25, 0.3) is 0 Å². The van der Waals surface area contributed by atoms with Gasteiger partial charge in [0.25, 0.3) is 0 Å². The Labute approximate surface area is 165 Å². The summed E-state index contributed by atoms with van der Waals surface area (Å²) in [5.41, 5.74) is -1.83. The van der Waals surface area contributed by atoms with Crippen LogP contribution in [-0.2, 0) is 4.79 Å². The average Bonchev–Trinajstić information content (AvgIpc) is 2.66. The Hall–Kier alpha value is -0.970. The van der Waals surface area contributed by atoms with Crippen LogP contribution in [0.2, 0.25) is 0 Å². The van der Waals surface area contributed by atoms with E-state index in [0.717, 1.165) is 25.7 Å². The maximum Gasteiger partial charge on any atom is 0.189 e. The fourth-order valence-electron chi connectivity index (χ4n) is 3.60. The molecule has 0 aromatic heterocycles. The Balaban J connectivity index is 1.98. The van der Waals surface area contributed by atoms with E-state index in [1.807, 2.05) is 0 Å². The van der Waals surface area contributed by atoms with Gasteiger partial charge in [0.15, 0.2) is 11.4 Å². The lowest BCUT2D eigenvalue weighted by Gasteiger charge is -2.35. The van der Waals surface area contributed by atoms with Gasteiger partial charge < -0.3 is 15.3 Å².